The Morgan fingerprint density at radius 2 is 1.83 bits per heavy atom. The van der Waals surface area contributed by atoms with Crippen LogP contribution >= 0.6 is 0 Å². The van der Waals surface area contributed by atoms with E-state index in [9.17, 15) is 4.39 Å². The topological polar surface area (TPSA) is 29.0 Å². The maximum absolute atomic E-state index is 14.1. The van der Waals surface area contributed by atoms with Gasteiger partial charge in [-0.05, 0) is 65.0 Å². The zero-order valence-electron chi connectivity index (χ0n) is 16.1. The molecule has 4 aromatic rings. The summed E-state index contributed by atoms with van der Waals surface area (Å²) >= 11 is 0. The van der Waals surface area contributed by atoms with Gasteiger partial charge < -0.3 is 0 Å². The summed E-state index contributed by atoms with van der Waals surface area (Å²) in [5.74, 6) is -0.183. The molecule has 0 unspecified atom stereocenters. The van der Waals surface area contributed by atoms with E-state index >= 15 is 0 Å². The van der Waals surface area contributed by atoms with Crippen molar-refractivity contribution in [1.29, 1.82) is 0 Å². The highest BCUT2D eigenvalue weighted by Crippen LogP contribution is 2.33. The molecule has 4 heteroatoms. The lowest BCUT2D eigenvalue weighted by molar-refractivity contribution is 0.366. The molecule has 1 aliphatic heterocycles. The molecule has 1 aliphatic rings. The molecule has 1 aromatic heterocycles. The molecular weight excluding hydrogens is 361 g/mol. The molecule has 0 aliphatic carbocycles. The second kappa shape index (κ2) is 7.22. The standard InChI is InChI=1S/C25H20FN3/c1-29-13-11-22(18-7-10-23-17(14-18)4-2-5-24(23)26)21-9-8-19(15-20(21)16-29)25-6-3-12-27-28-25/h2-12,14-15H,13,16H2,1H3. The number of hydrogen-bond donors (Lipinski definition) is 0. The fourth-order valence-electron chi connectivity index (χ4n) is 4.00. The van der Waals surface area contributed by atoms with E-state index in [1.807, 2.05) is 30.3 Å². The van der Waals surface area contributed by atoms with Crippen molar-refractivity contribution in [2.75, 3.05) is 13.6 Å². The fourth-order valence-corrected chi connectivity index (χ4v) is 4.00. The average molecular weight is 381 g/mol. The second-order valence-electron chi connectivity index (χ2n) is 7.47. The number of benzene rings is 3. The van der Waals surface area contributed by atoms with E-state index in [-0.39, 0.29) is 5.82 Å². The smallest absolute Gasteiger partial charge is 0.131 e. The Bertz CT molecular complexity index is 1230. The molecule has 0 atom stereocenters. The van der Waals surface area contributed by atoms with E-state index in [0.717, 1.165) is 35.3 Å². The van der Waals surface area contributed by atoms with Crippen molar-refractivity contribution in [3.05, 3.63) is 102 Å². The van der Waals surface area contributed by atoms with Crippen LogP contribution in [0.4, 0.5) is 4.39 Å². The Labute approximate surface area is 169 Å². The predicted octanol–water partition coefficient (Wildman–Crippen LogP) is 5.31. The molecule has 3 nitrogen and oxygen atoms in total. The molecule has 0 saturated heterocycles. The monoisotopic (exact) mass is 381 g/mol. The molecule has 142 valence electrons. The summed E-state index contributed by atoms with van der Waals surface area (Å²) in [6.45, 7) is 1.71. The van der Waals surface area contributed by atoms with Crippen molar-refractivity contribution >= 4 is 16.3 Å². The number of aromatic nitrogens is 2. The summed E-state index contributed by atoms with van der Waals surface area (Å²) in [4.78, 5) is 2.28. The fraction of sp³-hybridized carbons (Fsp3) is 0.120. The van der Waals surface area contributed by atoms with Gasteiger partial charge in [0.05, 0.1) is 5.69 Å². The van der Waals surface area contributed by atoms with Gasteiger partial charge in [-0.25, -0.2) is 4.39 Å². The van der Waals surface area contributed by atoms with Gasteiger partial charge in [-0.3, -0.25) is 4.90 Å². The largest absolute Gasteiger partial charge is 0.298 e. The molecule has 0 bridgehead atoms. The van der Waals surface area contributed by atoms with Gasteiger partial charge in [0.15, 0.2) is 0 Å². The van der Waals surface area contributed by atoms with E-state index < -0.39 is 0 Å². The Balaban J connectivity index is 1.63. The number of likely N-dealkylation sites (N-methyl/N-ethyl adjacent to an activating group) is 1. The van der Waals surface area contributed by atoms with Crippen LogP contribution in [0.25, 0.3) is 27.6 Å². The molecule has 29 heavy (non-hydrogen) atoms. The van der Waals surface area contributed by atoms with Crippen LogP contribution in [-0.4, -0.2) is 28.7 Å². The van der Waals surface area contributed by atoms with Gasteiger partial charge in [0.2, 0.25) is 0 Å². The maximum atomic E-state index is 14.1. The highest BCUT2D eigenvalue weighted by Gasteiger charge is 2.17. The van der Waals surface area contributed by atoms with Gasteiger partial charge in [0.25, 0.3) is 0 Å². The molecule has 0 saturated carbocycles. The molecular formula is C25H20FN3. The lowest BCUT2D eigenvalue weighted by Crippen LogP contribution is -2.16. The van der Waals surface area contributed by atoms with Crippen molar-refractivity contribution in [3.8, 4) is 11.3 Å². The molecule has 0 fully saturated rings. The predicted molar refractivity (Wildman–Crippen MR) is 115 cm³/mol. The number of rotatable bonds is 2. The van der Waals surface area contributed by atoms with Crippen LogP contribution in [0, 0.1) is 5.82 Å². The summed E-state index contributed by atoms with van der Waals surface area (Å²) in [6, 6.07) is 21.6. The van der Waals surface area contributed by atoms with Crippen LogP contribution in [0.5, 0.6) is 0 Å². The first-order chi connectivity index (χ1) is 14.2. The minimum Gasteiger partial charge on any atom is -0.298 e. The van der Waals surface area contributed by atoms with Gasteiger partial charge in [0.1, 0.15) is 5.82 Å². The minimum atomic E-state index is -0.183. The first kappa shape index (κ1) is 17.7. The summed E-state index contributed by atoms with van der Waals surface area (Å²) in [7, 11) is 2.12. The van der Waals surface area contributed by atoms with Crippen LogP contribution in [0.3, 0.4) is 0 Å². The van der Waals surface area contributed by atoms with Crippen molar-refractivity contribution < 1.29 is 4.39 Å². The quantitative estimate of drug-likeness (QED) is 0.471. The van der Waals surface area contributed by atoms with Crippen molar-refractivity contribution in [2.45, 2.75) is 6.54 Å². The number of fused-ring (bicyclic) bond motifs is 2. The van der Waals surface area contributed by atoms with E-state index in [1.54, 1.807) is 12.3 Å². The molecule has 0 spiro atoms. The maximum Gasteiger partial charge on any atom is 0.131 e. The Morgan fingerprint density at radius 3 is 2.69 bits per heavy atom. The average Bonchev–Trinajstić information content (AvgIpc) is 2.92. The number of hydrogen-bond acceptors (Lipinski definition) is 3. The molecule has 0 radical (unpaired) electrons. The van der Waals surface area contributed by atoms with E-state index in [1.165, 1.54) is 22.8 Å². The summed E-state index contributed by atoms with van der Waals surface area (Å²) < 4.78 is 14.1. The van der Waals surface area contributed by atoms with Crippen LogP contribution in [0.15, 0.2) is 79.0 Å². The van der Waals surface area contributed by atoms with Gasteiger partial charge >= 0.3 is 0 Å². The number of halogens is 1. The second-order valence-corrected chi connectivity index (χ2v) is 7.47. The first-order valence-corrected chi connectivity index (χ1v) is 9.68. The van der Waals surface area contributed by atoms with Crippen molar-refractivity contribution in [2.24, 2.45) is 0 Å². The zero-order chi connectivity index (χ0) is 19.8. The van der Waals surface area contributed by atoms with Crippen molar-refractivity contribution in [3.63, 3.8) is 0 Å². The third-order valence-corrected chi connectivity index (χ3v) is 5.45. The van der Waals surface area contributed by atoms with E-state index in [4.69, 9.17) is 0 Å². The molecule has 0 N–H and O–H groups in total. The third-order valence-electron chi connectivity index (χ3n) is 5.45. The highest BCUT2D eigenvalue weighted by molar-refractivity contribution is 5.91. The zero-order valence-corrected chi connectivity index (χ0v) is 16.1. The van der Waals surface area contributed by atoms with E-state index in [2.05, 4.69) is 52.5 Å². The van der Waals surface area contributed by atoms with Crippen LogP contribution < -0.4 is 0 Å². The van der Waals surface area contributed by atoms with Gasteiger partial charge in [0, 0.05) is 30.2 Å². The molecule has 0 amide bonds. The number of nitrogens with zero attached hydrogens (tertiary/aromatic N) is 3. The van der Waals surface area contributed by atoms with Crippen LogP contribution in [0.1, 0.15) is 16.7 Å². The van der Waals surface area contributed by atoms with Gasteiger partial charge in [-0.15, -0.1) is 0 Å². The van der Waals surface area contributed by atoms with Gasteiger partial charge in [-0.2, -0.15) is 10.2 Å². The van der Waals surface area contributed by atoms with E-state index in [0.29, 0.717) is 5.39 Å². The summed E-state index contributed by atoms with van der Waals surface area (Å²) in [5.41, 5.74) is 6.67. The molecule has 5 rings (SSSR count). The molecule has 2 heterocycles. The van der Waals surface area contributed by atoms with Crippen molar-refractivity contribution in [1.82, 2.24) is 15.1 Å². The SMILES string of the molecule is CN1CC=C(c2ccc3c(F)cccc3c2)c2ccc(-c3cccnn3)cc2C1. The normalized spacial score (nSPS) is 14.3. The first-order valence-electron chi connectivity index (χ1n) is 9.68. The summed E-state index contributed by atoms with van der Waals surface area (Å²) in [6.07, 6.45) is 3.94. The lowest BCUT2D eigenvalue weighted by Gasteiger charge is -2.15. The Morgan fingerprint density at radius 1 is 0.931 bits per heavy atom. The lowest BCUT2D eigenvalue weighted by atomic mass is 9.91. The highest BCUT2D eigenvalue weighted by atomic mass is 19.1. The summed E-state index contributed by atoms with van der Waals surface area (Å²) in [5, 5.41) is 9.82. The Kier molecular flexibility index (Phi) is 4.41. The third kappa shape index (κ3) is 3.32. The molecule has 3 aromatic carbocycles. The Hall–Kier alpha value is -3.37. The minimum absolute atomic E-state index is 0.183. The van der Waals surface area contributed by atoms with Gasteiger partial charge in [-0.1, -0.05) is 42.5 Å². The van der Waals surface area contributed by atoms with Crippen LogP contribution in [0.2, 0.25) is 0 Å². The van der Waals surface area contributed by atoms with Crippen LogP contribution in [-0.2, 0) is 6.54 Å².